The minimum absolute atomic E-state index is 0.126. The van der Waals surface area contributed by atoms with Gasteiger partial charge in [0.1, 0.15) is 11.5 Å². The van der Waals surface area contributed by atoms with Crippen molar-refractivity contribution in [1.82, 2.24) is 14.7 Å². The molecule has 0 spiro atoms. The minimum Gasteiger partial charge on any atom is -0.497 e. The van der Waals surface area contributed by atoms with Crippen molar-refractivity contribution < 1.29 is 18.7 Å². The highest BCUT2D eigenvalue weighted by atomic mass is 16.5. The highest BCUT2D eigenvalue weighted by Gasteiger charge is 2.31. The molecule has 0 saturated heterocycles. The third-order valence-corrected chi connectivity index (χ3v) is 5.96. The highest BCUT2D eigenvalue weighted by Crippen LogP contribution is 2.35. The van der Waals surface area contributed by atoms with Gasteiger partial charge in [-0.05, 0) is 74.2 Å². The molecule has 5 rings (SSSR count). The monoisotopic (exact) mass is 457 g/mol. The van der Waals surface area contributed by atoms with Crippen LogP contribution in [-0.2, 0) is 6.54 Å². The zero-order valence-corrected chi connectivity index (χ0v) is 19.3. The lowest BCUT2D eigenvalue weighted by atomic mass is 10.2. The van der Waals surface area contributed by atoms with Crippen LogP contribution < -0.4 is 9.47 Å². The Hall–Kier alpha value is -4.00. The fourth-order valence-corrected chi connectivity index (χ4v) is 3.90. The van der Waals surface area contributed by atoms with Crippen molar-refractivity contribution in [1.29, 1.82) is 0 Å². The molecule has 2 aromatic heterocycles. The second kappa shape index (κ2) is 9.47. The fourth-order valence-electron chi connectivity index (χ4n) is 3.90. The van der Waals surface area contributed by atoms with Crippen LogP contribution in [0.15, 0.2) is 77.4 Å². The Morgan fingerprint density at radius 1 is 1.06 bits per heavy atom. The van der Waals surface area contributed by atoms with E-state index in [9.17, 15) is 4.79 Å². The van der Waals surface area contributed by atoms with E-state index >= 15 is 0 Å². The predicted molar refractivity (Wildman–Crippen MR) is 128 cm³/mol. The first-order valence-corrected chi connectivity index (χ1v) is 11.4. The van der Waals surface area contributed by atoms with E-state index in [2.05, 4.69) is 0 Å². The number of aromatic nitrogens is 2. The van der Waals surface area contributed by atoms with E-state index in [4.69, 9.17) is 19.0 Å². The molecule has 0 aliphatic heterocycles. The summed E-state index contributed by atoms with van der Waals surface area (Å²) in [6.07, 6.45) is 3.80. The summed E-state index contributed by atoms with van der Waals surface area (Å²) >= 11 is 0. The van der Waals surface area contributed by atoms with Crippen molar-refractivity contribution in [3.05, 3.63) is 90.0 Å². The number of methoxy groups -OCH3 is 1. The summed E-state index contributed by atoms with van der Waals surface area (Å²) in [5.41, 5.74) is 2.55. The van der Waals surface area contributed by atoms with E-state index in [1.54, 1.807) is 23.9 Å². The molecule has 2 heterocycles. The molecular weight excluding hydrogens is 430 g/mol. The molecule has 1 aliphatic carbocycles. The second-order valence-electron chi connectivity index (χ2n) is 8.50. The number of carbonyl (C=O) groups is 1. The van der Waals surface area contributed by atoms with Gasteiger partial charge < -0.3 is 18.8 Å². The number of para-hydroxylation sites is 1. The summed E-state index contributed by atoms with van der Waals surface area (Å²) in [6, 6.07) is 20.7. The van der Waals surface area contributed by atoms with Gasteiger partial charge in [0, 0.05) is 6.54 Å². The number of aryl methyl sites for hydroxylation is 1. The fraction of sp³-hybridized carbons (Fsp3) is 0.259. The Balaban J connectivity index is 1.53. The maximum atomic E-state index is 13.3. The van der Waals surface area contributed by atoms with E-state index in [0.29, 0.717) is 36.4 Å². The van der Waals surface area contributed by atoms with Gasteiger partial charge in [-0.15, -0.1) is 0 Å². The van der Waals surface area contributed by atoms with Crippen LogP contribution in [-0.4, -0.2) is 34.2 Å². The van der Waals surface area contributed by atoms with Gasteiger partial charge in [0.15, 0.2) is 5.76 Å². The third kappa shape index (κ3) is 4.69. The minimum atomic E-state index is -0.126. The molecule has 1 amide bonds. The van der Waals surface area contributed by atoms with Crippen molar-refractivity contribution in [2.24, 2.45) is 5.92 Å². The molecule has 174 valence electrons. The van der Waals surface area contributed by atoms with E-state index in [1.165, 1.54) is 6.26 Å². The Morgan fingerprint density at radius 3 is 2.44 bits per heavy atom. The summed E-state index contributed by atoms with van der Waals surface area (Å²) in [6.45, 7) is 3.00. The molecule has 34 heavy (non-hydrogen) atoms. The number of ether oxygens (including phenoxy) is 2. The molecule has 4 aromatic rings. The quantitative estimate of drug-likeness (QED) is 0.326. The van der Waals surface area contributed by atoms with E-state index in [-0.39, 0.29) is 5.91 Å². The van der Waals surface area contributed by atoms with Crippen LogP contribution in [0.4, 0.5) is 0 Å². The summed E-state index contributed by atoms with van der Waals surface area (Å²) in [5.74, 6) is 2.73. The Kier molecular flexibility index (Phi) is 6.08. The van der Waals surface area contributed by atoms with Crippen LogP contribution in [0, 0.1) is 12.8 Å². The van der Waals surface area contributed by atoms with Gasteiger partial charge in [-0.1, -0.05) is 18.2 Å². The lowest BCUT2D eigenvalue weighted by molar-refractivity contribution is 0.0701. The average molecular weight is 458 g/mol. The van der Waals surface area contributed by atoms with Crippen LogP contribution in [0.3, 0.4) is 0 Å². The molecule has 7 heteroatoms. The molecule has 0 N–H and O–H groups in total. The van der Waals surface area contributed by atoms with Crippen LogP contribution in [0.25, 0.3) is 5.69 Å². The number of furan rings is 1. The molecule has 1 fully saturated rings. The third-order valence-electron chi connectivity index (χ3n) is 5.96. The van der Waals surface area contributed by atoms with Gasteiger partial charge in [-0.25, -0.2) is 4.68 Å². The highest BCUT2D eigenvalue weighted by molar-refractivity contribution is 5.91. The van der Waals surface area contributed by atoms with Gasteiger partial charge in [0.05, 0.1) is 36.9 Å². The number of nitrogens with zero attached hydrogens (tertiary/aromatic N) is 3. The van der Waals surface area contributed by atoms with Gasteiger partial charge in [-0.2, -0.15) is 5.10 Å². The van der Waals surface area contributed by atoms with Gasteiger partial charge in [-0.3, -0.25) is 4.79 Å². The summed E-state index contributed by atoms with van der Waals surface area (Å²) in [5, 5.41) is 4.79. The molecule has 2 aromatic carbocycles. The summed E-state index contributed by atoms with van der Waals surface area (Å²) < 4.78 is 18.9. The van der Waals surface area contributed by atoms with Gasteiger partial charge >= 0.3 is 0 Å². The maximum Gasteiger partial charge on any atom is 0.289 e. The lowest BCUT2D eigenvalue weighted by Crippen LogP contribution is -2.32. The topological polar surface area (TPSA) is 69.7 Å². The van der Waals surface area contributed by atoms with Crippen LogP contribution >= 0.6 is 0 Å². The smallest absolute Gasteiger partial charge is 0.289 e. The van der Waals surface area contributed by atoms with Crippen LogP contribution in [0.1, 0.15) is 34.7 Å². The van der Waals surface area contributed by atoms with E-state index in [0.717, 1.165) is 35.5 Å². The molecule has 0 bridgehead atoms. The molecule has 0 radical (unpaired) electrons. The molecule has 7 nitrogen and oxygen atoms in total. The Labute approximate surface area is 198 Å². The first kappa shape index (κ1) is 21.8. The van der Waals surface area contributed by atoms with Crippen molar-refractivity contribution in [2.75, 3.05) is 13.7 Å². The van der Waals surface area contributed by atoms with Crippen molar-refractivity contribution in [3.8, 4) is 23.1 Å². The number of amides is 1. The molecule has 0 atom stereocenters. The predicted octanol–water partition coefficient (Wildman–Crippen LogP) is 5.63. The van der Waals surface area contributed by atoms with E-state index in [1.807, 2.05) is 66.4 Å². The molecule has 1 saturated carbocycles. The Bertz CT molecular complexity index is 1240. The number of hydrogen-bond acceptors (Lipinski definition) is 5. The molecule has 1 aliphatic rings. The number of carbonyl (C=O) groups excluding carboxylic acids is 1. The maximum absolute atomic E-state index is 13.3. The average Bonchev–Trinajstić information content (AvgIpc) is 3.41. The van der Waals surface area contributed by atoms with Crippen molar-refractivity contribution in [3.63, 3.8) is 0 Å². The second-order valence-corrected chi connectivity index (χ2v) is 8.50. The zero-order valence-electron chi connectivity index (χ0n) is 19.3. The number of rotatable bonds is 9. The summed E-state index contributed by atoms with van der Waals surface area (Å²) in [4.78, 5) is 15.1. The van der Waals surface area contributed by atoms with E-state index < -0.39 is 0 Å². The molecule has 0 unspecified atom stereocenters. The SMILES string of the molecule is COc1ccc(Oc2c(CN(CC3CC3)C(=O)c3ccco3)c(C)nn2-c2ccccc2)cc1. The first-order valence-electron chi connectivity index (χ1n) is 11.4. The number of benzene rings is 2. The van der Waals surface area contributed by atoms with Crippen molar-refractivity contribution in [2.45, 2.75) is 26.3 Å². The van der Waals surface area contributed by atoms with Crippen molar-refractivity contribution >= 4 is 5.91 Å². The standard InChI is InChI=1S/C27H27N3O4/c1-19-24(18-29(17-20-10-11-20)26(31)25-9-6-16-33-25)27(30(28-19)21-7-4-3-5-8-21)34-23-14-12-22(32-2)13-15-23/h3-9,12-16,20H,10-11,17-18H2,1-2H3. The number of hydrogen-bond donors (Lipinski definition) is 0. The largest absolute Gasteiger partial charge is 0.497 e. The Morgan fingerprint density at radius 2 is 1.79 bits per heavy atom. The zero-order chi connectivity index (χ0) is 23.5. The normalized spacial score (nSPS) is 13.0. The lowest BCUT2D eigenvalue weighted by Gasteiger charge is -2.22. The van der Waals surface area contributed by atoms with Gasteiger partial charge in [0.2, 0.25) is 5.88 Å². The van der Waals surface area contributed by atoms with Crippen LogP contribution in [0.5, 0.6) is 17.4 Å². The summed E-state index contributed by atoms with van der Waals surface area (Å²) in [7, 11) is 1.63. The van der Waals surface area contributed by atoms with Gasteiger partial charge in [0.25, 0.3) is 5.91 Å². The first-order chi connectivity index (χ1) is 16.6. The van der Waals surface area contributed by atoms with Crippen LogP contribution in [0.2, 0.25) is 0 Å². The molecular formula is C27H27N3O4.